The van der Waals surface area contributed by atoms with E-state index in [4.69, 9.17) is 4.74 Å². The minimum absolute atomic E-state index is 0.00411. The number of nitrogens with zero attached hydrogens (tertiary/aromatic N) is 2. The number of nitrogens with one attached hydrogen (secondary N) is 1. The summed E-state index contributed by atoms with van der Waals surface area (Å²) in [6.07, 6.45) is 1.28. The SMILES string of the molecule is COc1ccc(S(=O)(=O)N(CC(=O)N/N=C\c2ccccc2O)c2ccc(C)cc2)cc1Br. The van der Waals surface area contributed by atoms with Gasteiger partial charge >= 0.3 is 0 Å². The van der Waals surface area contributed by atoms with Crippen LogP contribution in [0.4, 0.5) is 5.69 Å². The number of anilines is 1. The average Bonchev–Trinajstić information content (AvgIpc) is 2.79. The summed E-state index contributed by atoms with van der Waals surface area (Å²) >= 11 is 3.30. The molecule has 0 aliphatic heterocycles. The summed E-state index contributed by atoms with van der Waals surface area (Å²) in [6.45, 7) is 1.37. The van der Waals surface area contributed by atoms with Crippen molar-refractivity contribution in [3.63, 3.8) is 0 Å². The number of sulfonamides is 1. The number of phenolic OH excluding ortho intramolecular Hbond substituents is 1. The molecular formula is C23H22BrN3O5S. The monoisotopic (exact) mass is 531 g/mol. The molecule has 10 heteroatoms. The number of carbonyl (C=O) groups excluding carboxylic acids is 1. The van der Waals surface area contributed by atoms with Gasteiger partial charge in [-0.2, -0.15) is 5.10 Å². The van der Waals surface area contributed by atoms with Gasteiger partial charge in [0.2, 0.25) is 0 Å². The van der Waals surface area contributed by atoms with E-state index in [9.17, 15) is 18.3 Å². The highest BCUT2D eigenvalue weighted by Crippen LogP contribution is 2.30. The van der Waals surface area contributed by atoms with Crippen molar-refractivity contribution in [3.8, 4) is 11.5 Å². The fourth-order valence-corrected chi connectivity index (χ4v) is 5.04. The first-order valence-electron chi connectivity index (χ1n) is 9.75. The molecule has 0 aromatic heterocycles. The quantitative estimate of drug-likeness (QED) is 0.339. The summed E-state index contributed by atoms with van der Waals surface area (Å²) in [5.41, 5.74) is 3.98. The van der Waals surface area contributed by atoms with Crippen LogP contribution < -0.4 is 14.5 Å². The standard InChI is InChI=1S/C23H22BrN3O5S/c1-16-7-9-18(10-8-16)27(33(30,31)19-11-12-22(32-2)20(24)13-19)15-23(29)26-25-14-17-5-3-4-6-21(17)28/h3-14,28H,15H2,1-2H3,(H,26,29)/b25-14-. The summed E-state index contributed by atoms with van der Waals surface area (Å²) < 4.78 is 33.6. The van der Waals surface area contributed by atoms with Crippen molar-refractivity contribution in [3.05, 3.63) is 82.3 Å². The topological polar surface area (TPSA) is 108 Å². The van der Waals surface area contributed by atoms with Gasteiger partial charge in [0, 0.05) is 5.56 Å². The van der Waals surface area contributed by atoms with Crippen LogP contribution in [0.5, 0.6) is 11.5 Å². The summed E-state index contributed by atoms with van der Waals surface area (Å²) in [7, 11) is -2.62. The van der Waals surface area contributed by atoms with Crippen LogP contribution in [0.1, 0.15) is 11.1 Å². The number of hydrogen-bond acceptors (Lipinski definition) is 6. The maximum Gasteiger partial charge on any atom is 0.264 e. The zero-order valence-corrected chi connectivity index (χ0v) is 20.3. The lowest BCUT2D eigenvalue weighted by molar-refractivity contribution is -0.119. The Morgan fingerprint density at radius 2 is 1.85 bits per heavy atom. The number of methoxy groups -OCH3 is 1. The summed E-state index contributed by atoms with van der Waals surface area (Å²) in [4.78, 5) is 12.6. The van der Waals surface area contributed by atoms with Crippen LogP contribution in [0, 0.1) is 6.92 Å². The van der Waals surface area contributed by atoms with Crippen molar-refractivity contribution in [1.29, 1.82) is 0 Å². The molecule has 0 fully saturated rings. The molecule has 1 amide bonds. The fraction of sp³-hybridized carbons (Fsp3) is 0.130. The van der Waals surface area contributed by atoms with Crippen LogP contribution in [-0.4, -0.2) is 39.3 Å². The molecule has 3 rings (SSSR count). The Kier molecular flexibility index (Phi) is 7.72. The number of carbonyl (C=O) groups is 1. The molecule has 2 N–H and O–H groups in total. The van der Waals surface area contributed by atoms with E-state index >= 15 is 0 Å². The predicted octanol–water partition coefficient (Wildman–Crippen LogP) is 3.82. The lowest BCUT2D eigenvalue weighted by atomic mass is 10.2. The third kappa shape index (κ3) is 5.91. The molecule has 0 heterocycles. The Morgan fingerprint density at radius 1 is 1.15 bits per heavy atom. The van der Waals surface area contributed by atoms with Crippen molar-refractivity contribution >= 4 is 43.8 Å². The summed E-state index contributed by atoms with van der Waals surface area (Å²) in [6, 6.07) is 17.6. The van der Waals surface area contributed by atoms with Gasteiger partial charge in [0.05, 0.1) is 28.4 Å². The normalized spacial score (nSPS) is 11.4. The molecule has 0 aliphatic carbocycles. The molecule has 0 saturated carbocycles. The van der Waals surface area contributed by atoms with Gasteiger partial charge in [0.15, 0.2) is 0 Å². The van der Waals surface area contributed by atoms with Crippen LogP contribution in [0.2, 0.25) is 0 Å². The van der Waals surface area contributed by atoms with Crippen LogP contribution in [0.15, 0.2) is 81.2 Å². The number of amides is 1. The number of ether oxygens (including phenoxy) is 1. The zero-order chi connectivity index (χ0) is 24.0. The maximum atomic E-state index is 13.5. The van der Waals surface area contributed by atoms with E-state index in [0.717, 1.165) is 9.87 Å². The van der Waals surface area contributed by atoms with E-state index in [1.165, 1.54) is 37.6 Å². The van der Waals surface area contributed by atoms with Crippen molar-refractivity contribution in [2.24, 2.45) is 5.10 Å². The number of hydrazone groups is 1. The third-order valence-electron chi connectivity index (χ3n) is 4.65. The molecule has 0 saturated heterocycles. The number of phenols is 1. The molecule has 172 valence electrons. The predicted molar refractivity (Wildman–Crippen MR) is 130 cm³/mol. The molecule has 0 unspecified atom stereocenters. The number of halogens is 1. The van der Waals surface area contributed by atoms with E-state index < -0.39 is 22.5 Å². The van der Waals surface area contributed by atoms with Crippen LogP contribution in [-0.2, 0) is 14.8 Å². The second kappa shape index (κ2) is 10.5. The van der Waals surface area contributed by atoms with E-state index in [-0.39, 0.29) is 10.6 Å². The van der Waals surface area contributed by atoms with Crippen molar-refractivity contribution in [1.82, 2.24) is 5.43 Å². The largest absolute Gasteiger partial charge is 0.507 e. The second-order valence-corrected chi connectivity index (χ2v) is 9.71. The number of aryl methyl sites for hydroxylation is 1. The number of rotatable bonds is 8. The van der Waals surface area contributed by atoms with E-state index in [2.05, 4.69) is 26.5 Å². The molecule has 3 aromatic rings. The van der Waals surface area contributed by atoms with Gasteiger partial charge in [-0.05, 0) is 65.3 Å². The molecule has 33 heavy (non-hydrogen) atoms. The lowest BCUT2D eigenvalue weighted by Crippen LogP contribution is -2.39. The van der Waals surface area contributed by atoms with Gasteiger partial charge in [-0.1, -0.05) is 29.8 Å². The first-order valence-corrected chi connectivity index (χ1v) is 12.0. The highest BCUT2D eigenvalue weighted by molar-refractivity contribution is 9.10. The Morgan fingerprint density at radius 3 is 2.48 bits per heavy atom. The minimum atomic E-state index is -4.10. The molecule has 3 aromatic carbocycles. The number of para-hydroxylation sites is 1. The van der Waals surface area contributed by atoms with Gasteiger partial charge in [0.1, 0.15) is 18.0 Å². The molecule has 0 spiro atoms. The van der Waals surface area contributed by atoms with Gasteiger partial charge in [0.25, 0.3) is 15.9 Å². The smallest absolute Gasteiger partial charge is 0.264 e. The lowest BCUT2D eigenvalue weighted by Gasteiger charge is -2.24. The summed E-state index contributed by atoms with van der Waals surface area (Å²) in [5, 5.41) is 13.6. The van der Waals surface area contributed by atoms with Crippen molar-refractivity contribution < 1.29 is 23.1 Å². The molecule has 0 bridgehead atoms. The van der Waals surface area contributed by atoms with Crippen LogP contribution in [0.3, 0.4) is 0 Å². The summed E-state index contributed by atoms with van der Waals surface area (Å²) in [5.74, 6) is -0.171. The maximum absolute atomic E-state index is 13.5. The van der Waals surface area contributed by atoms with Crippen molar-refractivity contribution in [2.45, 2.75) is 11.8 Å². The molecule has 0 aliphatic rings. The molecule has 0 atom stereocenters. The van der Waals surface area contributed by atoms with Gasteiger partial charge in [-0.15, -0.1) is 0 Å². The Hall–Kier alpha value is -3.37. The number of hydrogen-bond donors (Lipinski definition) is 2. The minimum Gasteiger partial charge on any atom is -0.507 e. The van der Waals surface area contributed by atoms with E-state index in [1.807, 2.05) is 6.92 Å². The Bertz CT molecular complexity index is 1280. The Balaban J connectivity index is 1.88. The number of benzene rings is 3. The van der Waals surface area contributed by atoms with Crippen molar-refractivity contribution in [2.75, 3.05) is 18.0 Å². The zero-order valence-electron chi connectivity index (χ0n) is 17.9. The molecule has 0 radical (unpaired) electrons. The molecular weight excluding hydrogens is 510 g/mol. The van der Waals surface area contributed by atoms with Crippen LogP contribution in [0.25, 0.3) is 0 Å². The van der Waals surface area contributed by atoms with Crippen LogP contribution >= 0.6 is 15.9 Å². The second-order valence-electron chi connectivity index (χ2n) is 7.00. The highest BCUT2D eigenvalue weighted by Gasteiger charge is 2.28. The first kappa shape index (κ1) is 24.3. The highest BCUT2D eigenvalue weighted by atomic mass is 79.9. The van der Waals surface area contributed by atoms with E-state index in [1.54, 1.807) is 42.5 Å². The fourth-order valence-electron chi connectivity index (χ4n) is 2.90. The van der Waals surface area contributed by atoms with E-state index in [0.29, 0.717) is 21.5 Å². The first-order chi connectivity index (χ1) is 15.7. The van der Waals surface area contributed by atoms with Gasteiger partial charge in [-0.25, -0.2) is 13.8 Å². The number of aromatic hydroxyl groups is 1. The van der Waals surface area contributed by atoms with Gasteiger partial charge in [-0.3, -0.25) is 9.10 Å². The third-order valence-corrected chi connectivity index (χ3v) is 7.04. The molecule has 8 nitrogen and oxygen atoms in total. The average molecular weight is 532 g/mol. The van der Waals surface area contributed by atoms with Gasteiger partial charge < -0.3 is 9.84 Å². The Labute approximate surface area is 200 Å².